The molecule has 4 heteroatoms. The first kappa shape index (κ1) is 37.3. The highest BCUT2D eigenvalue weighted by Gasteiger charge is 2.38. The van der Waals surface area contributed by atoms with Crippen LogP contribution in [0.15, 0.2) is 204 Å². The van der Waals surface area contributed by atoms with E-state index in [0.717, 1.165) is 59.7 Å². The van der Waals surface area contributed by atoms with Gasteiger partial charge in [-0.3, -0.25) is 4.99 Å². The van der Waals surface area contributed by atoms with Crippen molar-refractivity contribution in [2.24, 2.45) is 10.9 Å². The average Bonchev–Trinajstić information content (AvgIpc) is 3.98. The van der Waals surface area contributed by atoms with Crippen molar-refractivity contribution in [1.29, 1.82) is 0 Å². The second-order valence-electron chi connectivity index (χ2n) is 19.2. The number of fused-ring (bicyclic) bond motifs is 16. The first-order valence-electron chi connectivity index (χ1n) is 24.1. The van der Waals surface area contributed by atoms with Crippen LogP contribution in [0.4, 0.5) is 0 Å². The van der Waals surface area contributed by atoms with E-state index in [-0.39, 0.29) is 17.9 Å². The Morgan fingerprint density at radius 1 is 0.522 bits per heavy atom. The standard InChI is InChI=1S/C63H45N3O/c1-2-18-42(19-3-1)65-56-26-10-8-21-45(56)49-24-13-25-50(63(49)65)55-31-30-44-52-36-53-47-22-9-11-27-60(47)67-61(53)37-59(52)66-57-33-38(28-29-46(57)51-34-40-15-4-5-16-41(40)35-58(51)66)32-54(44)62(64-55)48-23-12-17-39-14-6-7-20-43(39)48/h1-12,14-23,26-30,33-37,50,54,62H,13,24-25,31-32H2/t50?,54-,62?/m0/s1. The third-order valence-corrected chi connectivity index (χ3v) is 15.6. The first-order chi connectivity index (χ1) is 33.2. The Hall–Kier alpha value is -7.95. The van der Waals surface area contributed by atoms with Gasteiger partial charge in [0.1, 0.15) is 11.2 Å². The van der Waals surface area contributed by atoms with Crippen LogP contribution < -0.4 is 0 Å². The summed E-state index contributed by atoms with van der Waals surface area (Å²) in [5, 5.41) is 11.2. The molecule has 3 aromatic heterocycles. The highest BCUT2D eigenvalue weighted by Crippen LogP contribution is 2.51. The van der Waals surface area contributed by atoms with Crippen LogP contribution in [0.5, 0.6) is 0 Å². The molecule has 5 heterocycles. The molecule has 3 atom stereocenters. The van der Waals surface area contributed by atoms with Crippen molar-refractivity contribution >= 4 is 87.5 Å². The van der Waals surface area contributed by atoms with E-state index in [4.69, 9.17) is 9.41 Å². The fourth-order valence-corrected chi connectivity index (χ4v) is 12.7. The molecule has 0 spiro atoms. The molecule has 12 aromatic rings. The summed E-state index contributed by atoms with van der Waals surface area (Å²) in [6, 6.07) is 70.0. The Morgan fingerprint density at radius 2 is 1.27 bits per heavy atom. The zero-order valence-electron chi connectivity index (χ0n) is 37.0. The number of aromatic nitrogens is 2. The van der Waals surface area contributed by atoms with E-state index >= 15 is 0 Å². The fraction of sp³-hybridized carbons (Fsp3) is 0.127. The number of hydrogen-bond acceptors (Lipinski definition) is 2. The van der Waals surface area contributed by atoms with Crippen LogP contribution in [0.2, 0.25) is 0 Å². The van der Waals surface area contributed by atoms with E-state index in [1.807, 2.05) is 0 Å². The lowest BCUT2D eigenvalue weighted by Crippen LogP contribution is -2.22. The summed E-state index contributed by atoms with van der Waals surface area (Å²) in [7, 11) is 0. The molecule has 3 aliphatic rings. The minimum Gasteiger partial charge on any atom is -0.456 e. The molecule has 2 bridgehead atoms. The lowest BCUT2D eigenvalue weighted by molar-refractivity contribution is 0.536. The van der Waals surface area contributed by atoms with Gasteiger partial charge in [0.15, 0.2) is 0 Å². The van der Waals surface area contributed by atoms with Gasteiger partial charge in [-0.2, -0.15) is 0 Å². The lowest BCUT2D eigenvalue weighted by Gasteiger charge is -2.30. The molecular formula is C63H45N3O. The molecule has 1 aliphatic carbocycles. The zero-order valence-corrected chi connectivity index (χ0v) is 37.0. The minimum atomic E-state index is -0.145. The van der Waals surface area contributed by atoms with Gasteiger partial charge in [-0.15, -0.1) is 0 Å². The van der Waals surface area contributed by atoms with Gasteiger partial charge in [-0.1, -0.05) is 140 Å². The van der Waals surface area contributed by atoms with E-state index in [1.54, 1.807) is 0 Å². The number of nitrogens with zero attached hydrogens (tertiary/aromatic N) is 3. The second kappa shape index (κ2) is 14.3. The van der Waals surface area contributed by atoms with Crippen molar-refractivity contribution in [2.45, 2.75) is 44.1 Å². The summed E-state index contributed by atoms with van der Waals surface area (Å²) in [4.78, 5) is 6.27. The van der Waals surface area contributed by atoms with Crippen molar-refractivity contribution in [3.05, 3.63) is 222 Å². The molecule has 9 aromatic carbocycles. The Balaban J connectivity index is 1.04. The number of para-hydroxylation sites is 3. The fourth-order valence-electron chi connectivity index (χ4n) is 12.7. The molecule has 0 saturated carbocycles. The largest absolute Gasteiger partial charge is 0.456 e. The molecule has 0 amide bonds. The van der Waals surface area contributed by atoms with Gasteiger partial charge in [0.25, 0.3) is 0 Å². The number of allylic oxidation sites excluding steroid dienone is 1. The third kappa shape index (κ3) is 5.50. The van der Waals surface area contributed by atoms with Gasteiger partial charge in [0.2, 0.25) is 0 Å². The van der Waals surface area contributed by atoms with Gasteiger partial charge < -0.3 is 13.6 Å². The highest BCUT2D eigenvalue weighted by molar-refractivity contribution is 6.15. The molecule has 0 radical (unpaired) electrons. The first-order valence-corrected chi connectivity index (χ1v) is 24.1. The summed E-state index contributed by atoms with van der Waals surface area (Å²) in [6.07, 6.45) is 7.49. The normalized spacial score (nSPS) is 18.2. The molecule has 0 N–H and O–H groups in total. The van der Waals surface area contributed by atoms with Crippen LogP contribution in [0.1, 0.15) is 59.2 Å². The molecular weight excluding hydrogens is 815 g/mol. The summed E-state index contributed by atoms with van der Waals surface area (Å²) < 4.78 is 11.9. The number of hydrogen-bond donors (Lipinski definition) is 0. The van der Waals surface area contributed by atoms with E-state index < -0.39 is 0 Å². The quantitative estimate of drug-likeness (QED) is 0.174. The van der Waals surface area contributed by atoms with Crippen LogP contribution in [0.3, 0.4) is 0 Å². The van der Waals surface area contributed by atoms with E-state index in [1.165, 1.54) is 99.2 Å². The van der Waals surface area contributed by atoms with Crippen molar-refractivity contribution in [3.63, 3.8) is 0 Å². The molecule has 0 fully saturated rings. The minimum absolute atomic E-state index is 0.0369. The number of furan rings is 1. The Bertz CT molecular complexity index is 4100. The summed E-state index contributed by atoms with van der Waals surface area (Å²) >= 11 is 0. The Labute approximate surface area is 387 Å². The molecule has 67 heavy (non-hydrogen) atoms. The Morgan fingerprint density at radius 3 is 2.16 bits per heavy atom. The van der Waals surface area contributed by atoms with Crippen LogP contribution >= 0.6 is 0 Å². The third-order valence-electron chi connectivity index (χ3n) is 15.6. The van der Waals surface area contributed by atoms with Crippen molar-refractivity contribution in [2.75, 3.05) is 0 Å². The molecule has 2 unspecified atom stereocenters. The number of aryl methyl sites for hydroxylation is 1. The van der Waals surface area contributed by atoms with Crippen LogP contribution in [-0.2, 0) is 12.8 Å². The monoisotopic (exact) mass is 859 g/mol. The van der Waals surface area contributed by atoms with Gasteiger partial charge in [0, 0.05) is 73.9 Å². The maximum absolute atomic E-state index is 6.78. The summed E-state index contributed by atoms with van der Waals surface area (Å²) in [5.41, 5.74) is 17.3. The number of aliphatic imine (C=N–C) groups is 1. The maximum atomic E-state index is 6.78. The van der Waals surface area contributed by atoms with Crippen LogP contribution in [0.25, 0.3) is 93.1 Å². The van der Waals surface area contributed by atoms with Crippen LogP contribution in [0, 0.1) is 5.92 Å². The lowest BCUT2D eigenvalue weighted by atomic mass is 9.78. The van der Waals surface area contributed by atoms with Crippen molar-refractivity contribution in [3.8, 4) is 11.4 Å². The molecule has 318 valence electrons. The van der Waals surface area contributed by atoms with Crippen molar-refractivity contribution in [1.82, 2.24) is 9.13 Å². The smallest absolute Gasteiger partial charge is 0.137 e. The number of benzene rings is 9. The average molecular weight is 860 g/mol. The Kier molecular flexibility index (Phi) is 7.94. The van der Waals surface area contributed by atoms with Gasteiger partial charge >= 0.3 is 0 Å². The summed E-state index contributed by atoms with van der Waals surface area (Å²) in [5.74, 6) is 0.192. The predicted octanol–water partition coefficient (Wildman–Crippen LogP) is 16.2. The van der Waals surface area contributed by atoms with Crippen molar-refractivity contribution < 1.29 is 4.42 Å². The molecule has 15 rings (SSSR count). The second-order valence-corrected chi connectivity index (χ2v) is 19.2. The van der Waals surface area contributed by atoms with Gasteiger partial charge in [-0.05, 0) is 118 Å². The molecule has 0 saturated heterocycles. The van der Waals surface area contributed by atoms with E-state index in [9.17, 15) is 0 Å². The van der Waals surface area contributed by atoms with Crippen LogP contribution in [-0.4, -0.2) is 14.8 Å². The highest BCUT2D eigenvalue weighted by atomic mass is 16.3. The number of rotatable bonds is 3. The SMILES string of the molecule is C1=C2c3cc4c(cc3-n3c5cc(ccc5c5cc6ccccc6cc53)C[C@@H]2C(c2cccc3ccccc23)N=C(C2CCCc3c2n(-c2ccccc2)c2ccccc32)C1)oc1ccccc14. The maximum Gasteiger partial charge on any atom is 0.137 e. The van der Waals surface area contributed by atoms with E-state index in [0.29, 0.717) is 0 Å². The topological polar surface area (TPSA) is 35.4 Å². The van der Waals surface area contributed by atoms with E-state index in [2.05, 4.69) is 203 Å². The van der Waals surface area contributed by atoms with Gasteiger partial charge in [0.05, 0.1) is 28.3 Å². The van der Waals surface area contributed by atoms with Gasteiger partial charge in [-0.25, -0.2) is 0 Å². The zero-order chi connectivity index (χ0) is 43.7. The summed E-state index contributed by atoms with van der Waals surface area (Å²) in [6.45, 7) is 0. The molecule has 4 nitrogen and oxygen atoms in total. The molecule has 2 aliphatic heterocycles. The predicted molar refractivity (Wildman–Crippen MR) is 278 cm³/mol.